The number of alkyl halides is 3. The van der Waals surface area contributed by atoms with E-state index in [1.54, 1.807) is 0 Å². The molecule has 1 aromatic heterocycles. The Hall–Kier alpha value is -2.31. The zero-order chi connectivity index (χ0) is 22.6. The van der Waals surface area contributed by atoms with Gasteiger partial charge in [0.1, 0.15) is 10.9 Å². The molecule has 0 aliphatic carbocycles. The second-order valence-electron chi connectivity index (χ2n) is 6.41. The highest BCUT2D eigenvalue weighted by atomic mass is 35.5. The SMILES string of the molecule is O=C(CSc1ncc(C(F)(F)F)cc1Cl)Nc1cccc(S(=O)(=O)NC2=NCCC2)c1. The number of carbonyl (C=O) groups excluding carboxylic acids is 1. The van der Waals surface area contributed by atoms with E-state index >= 15 is 0 Å². The predicted octanol–water partition coefficient (Wildman–Crippen LogP) is 3.96. The first-order valence-electron chi connectivity index (χ1n) is 8.86. The number of hydrogen-bond acceptors (Lipinski definition) is 6. The summed E-state index contributed by atoms with van der Waals surface area (Å²) in [5, 5.41) is 2.39. The monoisotopic (exact) mass is 492 g/mol. The molecule has 0 bridgehead atoms. The number of amides is 1. The van der Waals surface area contributed by atoms with Gasteiger partial charge in [-0.1, -0.05) is 29.4 Å². The zero-order valence-electron chi connectivity index (χ0n) is 15.7. The first-order valence-corrected chi connectivity index (χ1v) is 11.7. The van der Waals surface area contributed by atoms with Crippen LogP contribution >= 0.6 is 23.4 Å². The number of thioether (sulfide) groups is 1. The molecule has 0 saturated carbocycles. The molecular formula is C18H16ClF3N4O3S2. The van der Waals surface area contributed by atoms with Crippen LogP contribution in [0, 0.1) is 0 Å². The molecule has 2 aromatic rings. The molecule has 2 heterocycles. The zero-order valence-corrected chi connectivity index (χ0v) is 18.1. The van der Waals surface area contributed by atoms with Crippen molar-refractivity contribution < 1.29 is 26.4 Å². The Morgan fingerprint density at radius 3 is 2.68 bits per heavy atom. The van der Waals surface area contributed by atoms with Gasteiger partial charge in [0.25, 0.3) is 10.0 Å². The number of anilines is 1. The fourth-order valence-corrected chi connectivity index (χ4v) is 4.72. The molecule has 1 aromatic carbocycles. The van der Waals surface area contributed by atoms with Crippen molar-refractivity contribution in [3.05, 3.63) is 47.1 Å². The van der Waals surface area contributed by atoms with Crippen molar-refractivity contribution in [1.82, 2.24) is 9.71 Å². The van der Waals surface area contributed by atoms with E-state index in [0.717, 1.165) is 24.2 Å². The molecule has 31 heavy (non-hydrogen) atoms. The van der Waals surface area contributed by atoms with Gasteiger partial charge < -0.3 is 5.32 Å². The molecule has 166 valence electrons. The van der Waals surface area contributed by atoms with Crippen molar-refractivity contribution in [2.45, 2.75) is 28.9 Å². The molecule has 0 atom stereocenters. The van der Waals surface area contributed by atoms with Crippen LogP contribution in [-0.4, -0.2) is 37.4 Å². The molecule has 0 radical (unpaired) electrons. The summed E-state index contributed by atoms with van der Waals surface area (Å²) in [6, 6.07) is 6.41. The van der Waals surface area contributed by atoms with E-state index < -0.39 is 27.7 Å². The third-order valence-corrected chi connectivity index (χ3v) is 6.81. The minimum absolute atomic E-state index is 0.0417. The van der Waals surface area contributed by atoms with E-state index in [9.17, 15) is 26.4 Å². The van der Waals surface area contributed by atoms with Gasteiger partial charge >= 0.3 is 6.18 Å². The van der Waals surface area contributed by atoms with Crippen molar-refractivity contribution in [2.24, 2.45) is 4.99 Å². The second kappa shape index (κ2) is 9.45. The number of hydrogen-bond donors (Lipinski definition) is 2. The lowest BCUT2D eigenvalue weighted by molar-refractivity contribution is -0.137. The van der Waals surface area contributed by atoms with Crippen molar-refractivity contribution in [2.75, 3.05) is 17.6 Å². The molecule has 0 unspecified atom stereocenters. The summed E-state index contributed by atoms with van der Waals surface area (Å²) in [5.74, 6) is -0.304. The van der Waals surface area contributed by atoms with Crippen LogP contribution in [-0.2, 0) is 21.0 Å². The van der Waals surface area contributed by atoms with Gasteiger partial charge in [0.15, 0.2) is 0 Å². The first-order chi connectivity index (χ1) is 14.5. The lowest BCUT2D eigenvalue weighted by Gasteiger charge is -2.11. The van der Waals surface area contributed by atoms with Gasteiger partial charge in [0, 0.05) is 24.8 Å². The highest BCUT2D eigenvalue weighted by Gasteiger charge is 2.31. The summed E-state index contributed by atoms with van der Waals surface area (Å²) in [5.41, 5.74) is -0.741. The van der Waals surface area contributed by atoms with Crippen LogP contribution in [0.25, 0.3) is 0 Å². The molecule has 7 nitrogen and oxygen atoms in total. The Balaban J connectivity index is 1.62. The van der Waals surface area contributed by atoms with Gasteiger partial charge in [-0.3, -0.25) is 14.5 Å². The number of rotatable bonds is 6. The van der Waals surface area contributed by atoms with Gasteiger partial charge in [0.2, 0.25) is 5.91 Å². The van der Waals surface area contributed by atoms with Crippen LogP contribution in [0.5, 0.6) is 0 Å². The molecule has 3 rings (SSSR count). The maximum absolute atomic E-state index is 12.7. The molecule has 0 saturated heterocycles. The number of halogens is 4. The van der Waals surface area contributed by atoms with Gasteiger partial charge in [-0.25, -0.2) is 13.4 Å². The van der Waals surface area contributed by atoms with Crippen LogP contribution in [0.2, 0.25) is 5.02 Å². The summed E-state index contributed by atoms with van der Waals surface area (Å²) in [6.07, 6.45) is -2.60. The smallest absolute Gasteiger partial charge is 0.325 e. The summed E-state index contributed by atoms with van der Waals surface area (Å²) in [4.78, 5) is 19.9. The van der Waals surface area contributed by atoms with E-state index in [1.807, 2.05) is 0 Å². The van der Waals surface area contributed by atoms with E-state index in [0.29, 0.717) is 25.0 Å². The lowest BCUT2D eigenvalue weighted by Crippen LogP contribution is -2.29. The van der Waals surface area contributed by atoms with Crippen LogP contribution < -0.4 is 10.0 Å². The largest absolute Gasteiger partial charge is 0.417 e. The highest BCUT2D eigenvalue weighted by molar-refractivity contribution is 8.00. The second-order valence-corrected chi connectivity index (χ2v) is 9.46. The van der Waals surface area contributed by atoms with Gasteiger partial charge in [-0.15, -0.1) is 0 Å². The summed E-state index contributed by atoms with van der Waals surface area (Å²) in [7, 11) is -3.84. The van der Waals surface area contributed by atoms with Crippen LogP contribution in [0.4, 0.5) is 18.9 Å². The van der Waals surface area contributed by atoms with Crippen molar-refractivity contribution >= 4 is 50.8 Å². The third kappa shape index (κ3) is 6.34. The van der Waals surface area contributed by atoms with E-state index in [2.05, 4.69) is 20.0 Å². The standard InChI is InChI=1S/C18H16ClF3N4O3S2/c19-14-7-11(18(20,21)22)9-24-17(14)30-10-16(27)25-12-3-1-4-13(8-12)31(28,29)26-15-5-2-6-23-15/h1,3-4,7-9H,2,5-6,10H2,(H,23,26)(H,25,27). The lowest BCUT2D eigenvalue weighted by atomic mass is 10.3. The minimum Gasteiger partial charge on any atom is -0.325 e. The molecule has 13 heteroatoms. The normalized spacial score (nSPS) is 14.3. The van der Waals surface area contributed by atoms with Gasteiger partial charge in [-0.05, 0) is 30.7 Å². The predicted molar refractivity (Wildman–Crippen MR) is 112 cm³/mol. The van der Waals surface area contributed by atoms with E-state index in [1.165, 1.54) is 24.3 Å². The quantitative estimate of drug-likeness (QED) is 0.595. The Bertz CT molecular complexity index is 1120. The van der Waals surface area contributed by atoms with Crippen LogP contribution in [0.1, 0.15) is 18.4 Å². The number of aliphatic imine (C=N–C) groups is 1. The molecular weight excluding hydrogens is 477 g/mol. The summed E-state index contributed by atoms with van der Waals surface area (Å²) < 4.78 is 65.3. The fraction of sp³-hybridized carbons (Fsp3) is 0.278. The molecule has 1 amide bonds. The maximum Gasteiger partial charge on any atom is 0.417 e. The number of pyridine rings is 1. The van der Waals surface area contributed by atoms with Crippen molar-refractivity contribution in [3.8, 4) is 0 Å². The number of nitrogens with one attached hydrogen (secondary N) is 2. The van der Waals surface area contributed by atoms with Crippen LogP contribution in [0.15, 0.2) is 51.4 Å². The molecule has 0 spiro atoms. The van der Waals surface area contributed by atoms with Gasteiger partial charge in [-0.2, -0.15) is 13.2 Å². The minimum atomic E-state index is -4.57. The molecule has 0 fully saturated rings. The fourth-order valence-electron chi connectivity index (χ4n) is 2.60. The Morgan fingerprint density at radius 2 is 2.03 bits per heavy atom. The van der Waals surface area contributed by atoms with Crippen molar-refractivity contribution in [3.63, 3.8) is 0 Å². The third-order valence-electron chi connectivity index (χ3n) is 4.03. The first kappa shape index (κ1) is 23.4. The highest BCUT2D eigenvalue weighted by Crippen LogP contribution is 2.33. The van der Waals surface area contributed by atoms with E-state index in [4.69, 9.17) is 11.6 Å². The number of sulfonamides is 1. The number of aromatic nitrogens is 1. The van der Waals surface area contributed by atoms with Crippen LogP contribution in [0.3, 0.4) is 0 Å². The Morgan fingerprint density at radius 1 is 1.26 bits per heavy atom. The number of nitrogens with zero attached hydrogens (tertiary/aromatic N) is 2. The number of amidine groups is 1. The summed E-state index contributed by atoms with van der Waals surface area (Å²) >= 11 is 6.68. The number of benzene rings is 1. The average Bonchev–Trinajstić information content (AvgIpc) is 3.19. The summed E-state index contributed by atoms with van der Waals surface area (Å²) in [6.45, 7) is 0.573. The Labute approximate surface area is 185 Å². The molecule has 1 aliphatic rings. The average molecular weight is 493 g/mol. The van der Waals surface area contributed by atoms with E-state index in [-0.39, 0.29) is 26.4 Å². The number of carbonyl (C=O) groups is 1. The van der Waals surface area contributed by atoms with Crippen molar-refractivity contribution in [1.29, 1.82) is 0 Å². The topological polar surface area (TPSA) is 101 Å². The molecule has 1 aliphatic heterocycles. The Kier molecular flexibility index (Phi) is 7.12. The molecule has 2 N–H and O–H groups in total. The van der Waals surface area contributed by atoms with Gasteiger partial charge in [0.05, 0.1) is 21.2 Å². The maximum atomic E-state index is 12.7.